The first-order chi connectivity index (χ1) is 10.3. The highest BCUT2D eigenvalue weighted by Crippen LogP contribution is 2.35. The molecular weight excluding hydrogens is 304 g/mol. The number of hydrogen-bond donors (Lipinski definition) is 1. The topological polar surface area (TPSA) is 24.5 Å². The molecule has 21 heavy (non-hydrogen) atoms. The summed E-state index contributed by atoms with van der Waals surface area (Å²) in [6.45, 7) is 4.16. The van der Waals surface area contributed by atoms with E-state index in [4.69, 9.17) is 16.3 Å². The molecule has 2 heterocycles. The Morgan fingerprint density at radius 3 is 2.43 bits per heavy atom. The highest BCUT2D eigenvalue weighted by Gasteiger charge is 2.25. The molecule has 0 saturated carbocycles. The van der Waals surface area contributed by atoms with Crippen LogP contribution in [0.2, 0.25) is 4.34 Å². The molecular formula is C16H19ClN2OS. The Hall–Kier alpha value is -1.07. The van der Waals surface area contributed by atoms with Crippen molar-refractivity contribution in [1.82, 2.24) is 10.2 Å². The third kappa shape index (κ3) is 3.40. The highest BCUT2D eigenvalue weighted by atomic mass is 35.5. The summed E-state index contributed by atoms with van der Waals surface area (Å²) in [5, 5.41) is 3.41. The van der Waals surface area contributed by atoms with Crippen LogP contribution in [0.3, 0.4) is 0 Å². The number of methoxy groups -OCH3 is 1. The van der Waals surface area contributed by atoms with Crippen molar-refractivity contribution in [2.45, 2.75) is 6.04 Å². The Morgan fingerprint density at radius 2 is 1.86 bits per heavy atom. The van der Waals surface area contributed by atoms with E-state index in [1.54, 1.807) is 18.4 Å². The summed E-state index contributed by atoms with van der Waals surface area (Å²) in [4.78, 5) is 3.81. The van der Waals surface area contributed by atoms with Crippen LogP contribution < -0.4 is 10.1 Å². The fraction of sp³-hybridized carbons (Fsp3) is 0.375. The SMILES string of the molecule is COc1ccc(C(c2ccc(Cl)s2)N2CCNCC2)cc1. The van der Waals surface area contributed by atoms with Gasteiger partial charge in [-0.25, -0.2) is 0 Å². The molecule has 1 aliphatic heterocycles. The molecule has 1 atom stereocenters. The van der Waals surface area contributed by atoms with Gasteiger partial charge in [0.15, 0.2) is 0 Å². The van der Waals surface area contributed by atoms with Crippen LogP contribution in [-0.2, 0) is 0 Å². The van der Waals surface area contributed by atoms with E-state index in [0.717, 1.165) is 36.3 Å². The maximum atomic E-state index is 6.15. The smallest absolute Gasteiger partial charge is 0.118 e. The summed E-state index contributed by atoms with van der Waals surface area (Å²) in [7, 11) is 1.70. The van der Waals surface area contributed by atoms with Gasteiger partial charge >= 0.3 is 0 Å². The van der Waals surface area contributed by atoms with Crippen LogP contribution in [-0.4, -0.2) is 38.2 Å². The number of hydrogen-bond acceptors (Lipinski definition) is 4. The lowest BCUT2D eigenvalue weighted by atomic mass is 10.0. The Kier molecular flexibility index (Phi) is 4.80. The molecule has 3 nitrogen and oxygen atoms in total. The molecule has 0 aliphatic carbocycles. The first-order valence-electron chi connectivity index (χ1n) is 7.12. The van der Waals surface area contributed by atoms with E-state index in [2.05, 4.69) is 28.4 Å². The summed E-state index contributed by atoms with van der Waals surface area (Å²) in [6, 6.07) is 12.8. The lowest BCUT2D eigenvalue weighted by Crippen LogP contribution is -2.45. The monoisotopic (exact) mass is 322 g/mol. The van der Waals surface area contributed by atoms with E-state index in [1.165, 1.54) is 10.4 Å². The van der Waals surface area contributed by atoms with Gasteiger partial charge in [0.1, 0.15) is 5.75 Å². The maximum Gasteiger partial charge on any atom is 0.118 e. The molecule has 0 amide bonds. The van der Waals surface area contributed by atoms with Gasteiger partial charge in [-0.3, -0.25) is 4.90 Å². The van der Waals surface area contributed by atoms with Crippen molar-refractivity contribution < 1.29 is 4.74 Å². The lowest BCUT2D eigenvalue weighted by molar-refractivity contribution is 0.200. The fourth-order valence-electron chi connectivity index (χ4n) is 2.76. The molecule has 1 unspecified atom stereocenters. The van der Waals surface area contributed by atoms with Crippen LogP contribution in [0, 0.1) is 0 Å². The van der Waals surface area contributed by atoms with Crippen molar-refractivity contribution in [2.24, 2.45) is 0 Å². The highest BCUT2D eigenvalue weighted by molar-refractivity contribution is 7.16. The molecule has 1 N–H and O–H groups in total. The Bertz CT molecular complexity index is 578. The molecule has 5 heteroatoms. The van der Waals surface area contributed by atoms with Gasteiger partial charge in [-0.2, -0.15) is 0 Å². The second kappa shape index (κ2) is 6.79. The Balaban J connectivity index is 1.93. The van der Waals surface area contributed by atoms with E-state index in [1.807, 2.05) is 18.2 Å². The molecule has 1 saturated heterocycles. The van der Waals surface area contributed by atoms with E-state index < -0.39 is 0 Å². The number of nitrogens with one attached hydrogen (secondary N) is 1. The Labute approximate surface area is 134 Å². The van der Waals surface area contributed by atoms with Crippen LogP contribution in [0.5, 0.6) is 5.75 Å². The summed E-state index contributed by atoms with van der Waals surface area (Å²) < 4.78 is 6.11. The molecule has 2 aromatic rings. The third-order valence-corrected chi connectivity index (χ3v) is 5.10. The number of thiophene rings is 1. The Morgan fingerprint density at radius 1 is 1.14 bits per heavy atom. The lowest BCUT2D eigenvalue weighted by Gasteiger charge is -2.34. The molecule has 112 valence electrons. The largest absolute Gasteiger partial charge is 0.497 e. The predicted molar refractivity (Wildman–Crippen MR) is 88.6 cm³/mol. The number of nitrogens with zero attached hydrogens (tertiary/aromatic N) is 1. The van der Waals surface area contributed by atoms with Gasteiger partial charge in [0.25, 0.3) is 0 Å². The van der Waals surface area contributed by atoms with Gasteiger partial charge < -0.3 is 10.1 Å². The van der Waals surface area contributed by atoms with Crippen molar-refractivity contribution in [3.05, 3.63) is 51.2 Å². The molecule has 0 bridgehead atoms. The van der Waals surface area contributed by atoms with Crippen molar-refractivity contribution in [2.75, 3.05) is 33.3 Å². The standard InChI is InChI=1S/C16H19ClN2OS/c1-20-13-4-2-12(3-5-13)16(14-6-7-15(17)21-14)19-10-8-18-9-11-19/h2-7,16,18H,8-11H2,1H3. The van der Waals surface area contributed by atoms with Crippen molar-refractivity contribution in [3.8, 4) is 5.75 Å². The molecule has 3 rings (SSSR count). The number of halogens is 1. The van der Waals surface area contributed by atoms with Crippen molar-refractivity contribution >= 4 is 22.9 Å². The van der Waals surface area contributed by atoms with Gasteiger partial charge in [-0.1, -0.05) is 23.7 Å². The van der Waals surface area contributed by atoms with Gasteiger partial charge in [-0.05, 0) is 29.8 Å². The van der Waals surface area contributed by atoms with Crippen molar-refractivity contribution in [3.63, 3.8) is 0 Å². The van der Waals surface area contributed by atoms with E-state index in [0.29, 0.717) is 0 Å². The van der Waals surface area contributed by atoms with Gasteiger partial charge in [0.2, 0.25) is 0 Å². The second-order valence-corrected chi connectivity index (χ2v) is 6.85. The van der Waals surface area contributed by atoms with Crippen LogP contribution in [0.4, 0.5) is 0 Å². The third-order valence-electron chi connectivity index (χ3n) is 3.81. The zero-order valence-corrected chi connectivity index (χ0v) is 13.6. The predicted octanol–water partition coefficient (Wildman–Crippen LogP) is 3.40. The average molecular weight is 323 g/mol. The molecule has 1 aromatic heterocycles. The molecule has 1 aliphatic rings. The minimum Gasteiger partial charge on any atom is -0.497 e. The number of ether oxygens (including phenoxy) is 1. The molecule has 1 aromatic carbocycles. The quantitative estimate of drug-likeness (QED) is 0.933. The van der Waals surface area contributed by atoms with Crippen LogP contribution in [0.15, 0.2) is 36.4 Å². The zero-order valence-electron chi connectivity index (χ0n) is 12.0. The van der Waals surface area contributed by atoms with Crippen LogP contribution in [0.25, 0.3) is 0 Å². The zero-order chi connectivity index (χ0) is 14.7. The summed E-state index contributed by atoms with van der Waals surface area (Å²) in [5.41, 5.74) is 1.29. The van der Waals surface area contributed by atoms with Gasteiger partial charge in [0, 0.05) is 31.1 Å². The number of benzene rings is 1. The molecule has 1 fully saturated rings. The fourth-order valence-corrected chi connectivity index (χ4v) is 3.98. The normalized spacial score (nSPS) is 17.6. The number of piperazine rings is 1. The molecule has 0 spiro atoms. The first-order valence-corrected chi connectivity index (χ1v) is 8.31. The molecule has 0 radical (unpaired) electrons. The van der Waals surface area contributed by atoms with E-state index in [9.17, 15) is 0 Å². The van der Waals surface area contributed by atoms with Crippen LogP contribution >= 0.6 is 22.9 Å². The number of rotatable bonds is 4. The maximum absolute atomic E-state index is 6.15. The van der Waals surface area contributed by atoms with Gasteiger partial charge in [0.05, 0.1) is 17.5 Å². The minimum atomic E-state index is 0.274. The van der Waals surface area contributed by atoms with E-state index >= 15 is 0 Å². The van der Waals surface area contributed by atoms with Crippen molar-refractivity contribution in [1.29, 1.82) is 0 Å². The summed E-state index contributed by atoms with van der Waals surface area (Å²) in [6.07, 6.45) is 0. The summed E-state index contributed by atoms with van der Waals surface area (Å²) >= 11 is 7.81. The average Bonchev–Trinajstić information content (AvgIpc) is 2.95. The second-order valence-electron chi connectivity index (χ2n) is 5.10. The van der Waals surface area contributed by atoms with E-state index in [-0.39, 0.29) is 6.04 Å². The summed E-state index contributed by atoms with van der Waals surface area (Å²) in [5.74, 6) is 0.891. The van der Waals surface area contributed by atoms with Crippen LogP contribution in [0.1, 0.15) is 16.5 Å². The van der Waals surface area contributed by atoms with Gasteiger partial charge in [-0.15, -0.1) is 11.3 Å². The first kappa shape index (κ1) is 14.9. The minimum absolute atomic E-state index is 0.274.